The number of hydrogen-bond acceptors (Lipinski definition) is 6. The van der Waals surface area contributed by atoms with Crippen LogP contribution in [0.25, 0.3) is 0 Å². The second-order valence-corrected chi connectivity index (χ2v) is 5.75. The summed E-state index contributed by atoms with van der Waals surface area (Å²) in [6.45, 7) is 7.89. The van der Waals surface area contributed by atoms with Crippen molar-refractivity contribution < 1.29 is 23.9 Å². The number of Topliss-reactive ketones (excluding diaryl/α,β-unsaturated/α-hetero) is 1. The highest BCUT2D eigenvalue weighted by Crippen LogP contribution is 2.33. The molecule has 0 N–H and O–H groups in total. The number of nitrogens with zero attached hydrogens (tertiary/aromatic N) is 2. The van der Waals surface area contributed by atoms with E-state index >= 15 is 0 Å². The lowest BCUT2D eigenvalue weighted by atomic mass is 10.1. The van der Waals surface area contributed by atoms with Gasteiger partial charge < -0.3 is 14.4 Å². The molecule has 0 unspecified atom stereocenters. The first-order chi connectivity index (χ1) is 12.0. The molecule has 1 aromatic rings. The lowest BCUT2D eigenvalue weighted by Gasteiger charge is -2.29. The molecular formula is C18H24N2O5. The second-order valence-electron chi connectivity index (χ2n) is 5.75. The molecule has 1 heterocycles. The van der Waals surface area contributed by atoms with Crippen LogP contribution in [0.2, 0.25) is 0 Å². The van der Waals surface area contributed by atoms with Gasteiger partial charge in [-0.05, 0) is 38.2 Å². The Morgan fingerprint density at radius 2 is 2.00 bits per heavy atom. The summed E-state index contributed by atoms with van der Waals surface area (Å²) in [7, 11) is 0. The van der Waals surface area contributed by atoms with Gasteiger partial charge >= 0.3 is 5.97 Å². The predicted molar refractivity (Wildman–Crippen MR) is 93.0 cm³/mol. The Labute approximate surface area is 147 Å². The lowest BCUT2D eigenvalue weighted by Crippen LogP contribution is -2.42. The average Bonchev–Trinajstić information content (AvgIpc) is 2.60. The van der Waals surface area contributed by atoms with Gasteiger partial charge in [-0.15, -0.1) is 0 Å². The minimum atomic E-state index is -0.485. The minimum Gasteiger partial charge on any atom is -0.482 e. The monoisotopic (exact) mass is 348 g/mol. The molecule has 7 heteroatoms. The minimum absolute atomic E-state index is 0.123. The molecule has 1 amide bonds. The van der Waals surface area contributed by atoms with Gasteiger partial charge in [-0.2, -0.15) is 0 Å². The molecule has 1 aliphatic rings. The van der Waals surface area contributed by atoms with E-state index < -0.39 is 5.97 Å². The molecule has 7 nitrogen and oxygen atoms in total. The SMILES string of the molecule is CCN(CC)CCOC(=O)CN1C(=O)COc2ccc(C(C)=O)cc21. The molecule has 0 aliphatic carbocycles. The van der Waals surface area contributed by atoms with Crippen molar-refractivity contribution in [3.63, 3.8) is 0 Å². The number of ether oxygens (including phenoxy) is 2. The summed E-state index contributed by atoms with van der Waals surface area (Å²) in [6, 6.07) is 4.84. The summed E-state index contributed by atoms with van der Waals surface area (Å²) in [4.78, 5) is 39.3. The summed E-state index contributed by atoms with van der Waals surface area (Å²) in [5, 5.41) is 0. The van der Waals surface area contributed by atoms with E-state index in [1.54, 1.807) is 18.2 Å². The van der Waals surface area contributed by atoms with E-state index in [-0.39, 0.29) is 31.4 Å². The molecule has 0 aromatic heterocycles. The highest BCUT2D eigenvalue weighted by atomic mass is 16.5. The zero-order valence-corrected chi connectivity index (χ0v) is 14.9. The largest absolute Gasteiger partial charge is 0.482 e. The number of benzene rings is 1. The topological polar surface area (TPSA) is 76.2 Å². The van der Waals surface area contributed by atoms with E-state index in [1.807, 2.05) is 13.8 Å². The average molecular weight is 348 g/mol. The quantitative estimate of drug-likeness (QED) is 0.523. The van der Waals surface area contributed by atoms with Gasteiger partial charge in [0.05, 0.1) is 5.69 Å². The van der Waals surface area contributed by atoms with Gasteiger partial charge in [-0.3, -0.25) is 19.3 Å². The van der Waals surface area contributed by atoms with Crippen LogP contribution in [0.15, 0.2) is 18.2 Å². The van der Waals surface area contributed by atoms with Gasteiger partial charge in [-0.1, -0.05) is 13.8 Å². The summed E-state index contributed by atoms with van der Waals surface area (Å²) < 4.78 is 10.6. The van der Waals surface area contributed by atoms with Crippen LogP contribution in [0.5, 0.6) is 5.75 Å². The van der Waals surface area contributed by atoms with Crippen molar-refractivity contribution in [3.8, 4) is 5.75 Å². The number of fused-ring (bicyclic) bond motifs is 1. The normalized spacial score (nSPS) is 13.4. The van der Waals surface area contributed by atoms with Gasteiger partial charge in [-0.25, -0.2) is 0 Å². The molecule has 0 spiro atoms. The van der Waals surface area contributed by atoms with Crippen LogP contribution in [-0.4, -0.2) is 62.0 Å². The van der Waals surface area contributed by atoms with E-state index in [1.165, 1.54) is 11.8 Å². The summed E-state index contributed by atoms with van der Waals surface area (Å²) in [5.41, 5.74) is 0.876. The molecule has 1 aromatic carbocycles. The second kappa shape index (κ2) is 8.62. The molecule has 0 fully saturated rings. The van der Waals surface area contributed by atoms with E-state index in [2.05, 4.69) is 4.90 Å². The number of anilines is 1. The molecule has 0 saturated carbocycles. The maximum Gasteiger partial charge on any atom is 0.326 e. The fraction of sp³-hybridized carbons (Fsp3) is 0.500. The maximum absolute atomic E-state index is 12.1. The van der Waals surface area contributed by atoms with Crippen molar-refractivity contribution in [1.29, 1.82) is 0 Å². The number of rotatable bonds is 8. The maximum atomic E-state index is 12.1. The van der Waals surface area contributed by atoms with Crippen LogP contribution in [0, 0.1) is 0 Å². The van der Waals surface area contributed by atoms with Gasteiger partial charge in [0.1, 0.15) is 18.9 Å². The Kier molecular flexibility index (Phi) is 6.52. The highest BCUT2D eigenvalue weighted by Gasteiger charge is 2.28. The number of carbonyl (C=O) groups excluding carboxylic acids is 3. The van der Waals surface area contributed by atoms with Crippen molar-refractivity contribution in [2.45, 2.75) is 20.8 Å². The summed E-state index contributed by atoms with van der Waals surface area (Å²) in [5.74, 6) is -0.474. The summed E-state index contributed by atoms with van der Waals surface area (Å²) in [6.07, 6.45) is 0. The zero-order chi connectivity index (χ0) is 18.4. The molecule has 25 heavy (non-hydrogen) atoms. The molecule has 1 aliphatic heterocycles. The first-order valence-electron chi connectivity index (χ1n) is 8.42. The highest BCUT2D eigenvalue weighted by molar-refractivity contribution is 6.03. The van der Waals surface area contributed by atoms with Crippen LogP contribution in [0.4, 0.5) is 5.69 Å². The van der Waals surface area contributed by atoms with Crippen LogP contribution in [-0.2, 0) is 14.3 Å². The smallest absolute Gasteiger partial charge is 0.326 e. The third-order valence-electron chi connectivity index (χ3n) is 4.16. The molecule has 0 bridgehead atoms. The van der Waals surface area contributed by atoms with Gasteiger partial charge in [0.15, 0.2) is 12.4 Å². The van der Waals surface area contributed by atoms with Crippen molar-refractivity contribution in [2.75, 3.05) is 44.3 Å². The van der Waals surface area contributed by atoms with Crippen molar-refractivity contribution in [2.24, 2.45) is 0 Å². The van der Waals surface area contributed by atoms with E-state index in [0.29, 0.717) is 23.5 Å². The number of likely N-dealkylation sites (N-methyl/N-ethyl adjacent to an activating group) is 1. The molecule has 136 valence electrons. The Bertz CT molecular complexity index is 655. The fourth-order valence-corrected chi connectivity index (χ4v) is 2.60. The van der Waals surface area contributed by atoms with E-state index in [0.717, 1.165) is 13.1 Å². The van der Waals surface area contributed by atoms with E-state index in [4.69, 9.17) is 9.47 Å². The summed E-state index contributed by atoms with van der Waals surface area (Å²) >= 11 is 0. The molecule has 0 atom stereocenters. The van der Waals surface area contributed by atoms with Gasteiger partial charge in [0.25, 0.3) is 5.91 Å². The van der Waals surface area contributed by atoms with Crippen LogP contribution >= 0.6 is 0 Å². The van der Waals surface area contributed by atoms with Gasteiger partial charge in [0.2, 0.25) is 0 Å². The fourth-order valence-electron chi connectivity index (χ4n) is 2.60. The first kappa shape index (κ1) is 18.9. The number of ketones is 1. The van der Waals surface area contributed by atoms with Gasteiger partial charge in [0, 0.05) is 12.1 Å². The number of amides is 1. The number of carbonyl (C=O) groups is 3. The van der Waals surface area contributed by atoms with E-state index in [9.17, 15) is 14.4 Å². The Balaban J connectivity index is 2.04. The Morgan fingerprint density at radius 1 is 1.28 bits per heavy atom. The molecule has 0 radical (unpaired) electrons. The number of esters is 1. The Morgan fingerprint density at radius 3 is 2.64 bits per heavy atom. The zero-order valence-electron chi connectivity index (χ0n) is 14.9. The molecule has 2 rings (SSSR count). The molecular weight excluding hydrogens is 324 g/mol. The third-order valence-corrected chi connectivity index (χ3v) is 4.16. The van der Waals surface area contributed by atoms with Crippen LogP contribution in [0.3, 0.4) is 0 Å². The van der Waals surface area contributed by atoms with Crippen molar-refractivity contribution in [1.82, 2.24) is 4.90 Å². The van der Waals surface area contributed by atoms with Crippen LogP contribution < -0.4 is 9.64 Å². The Hall–Kier alpha value is -2.41. The van der Waals surface area contributed by atoms with Crippen molar-refractivity contribution in [3.05, 3.63) is 23.8 Å². The number of hydrogen-bond donors (Lipinski definition) is 0. The lowest BCUT2D eigenvalue weighted by molar-refractivity contribution is -0.143. The predicted octanol–water partition coefficient (Wildman–Crippen LogP) is 1.50. The first-order valence-corrected chi connectivity index (χ1v) is 8.42. The van der Waals surface area contributed by atoms with Crippen molar-refractivity contribution >= 4 is 23.3 Å². The third kappa shape index (κ3) is 4.79. The van der Waals surface area contributed by atoms with Crippen LogP contribution in [0.1, 0.15) is 31.1 Å². The molecule has 0 saturated heterocycles. The standard InChI is InChI=1S/C18H24N2O5/c1-4-19(5-2)8-9-24-18(23)11-20-15-10-14(13(3)21)6-7-16(15)25-12-17(20)22/h6-7,10H,4-5,8-9,11-12H2,1-3H3.